The molecule has 0 amide bonds. The topological polar surface area (TPSA) is 91.3 Å². The van der Waals surface area contributed by atoms with E-state index in [2.05, 4.69) is 10.1 Å². The molecule has 0 fully saturated rings. The molecule has 1 heterocycles. The van der Waals surface area contributed by atoms with Crippen molar-refractivity contribution in [2.45, 2.75) is 6.42 Å². The zero-order valence-electron chi connectivity index (χ0n) is 12.3. The minimum atomic E-state index is -0.432. The van der Waals surface area contributed by atoms with Crippen LogP contribution in [0.5, 0.6) is 5.75 Å². The van der Waals surface area contributed by atoms with E-state index in [1.807, 2.05) is 24.3 Å². The van der Waals surface area contributed by atoms with E-state index in [4.69, 9.17) is 9.26 Å². The number of nitro groups is 1. The third-order valence-electron chi connectivity index (χ3n) is 3.32. The van der Waals surface area contributed by atoms with Gasteiger partial charge in [-0.15, -0.1) is 0 Å². The van der Waals surface area contributed by atoms with Gasteiger partial charge in [0.25, 0.3) is 5.69 Å². The average molecular weight is 311 g/mol. The smallest absolute Gasteiger partial charge is 0.269 e. The first-order valence-corrected chi connectivity index (χ1v) is 6.86. The largest absolute Gasteiger partial charge is 0.497 e. The Balaban J connectivity index is 1.74. The molecule has 7 nitrogen and oxygen atoms in total. The van der Waals surface area contributed by atoms with Crippen LogP contribution >= 0.6 is 0 Å². The zero-order valence-corrected chi connectivity index (χ0v) is 12.3. The summed E-state index contributed by atoms with van der Waals surface area (Å²) >= 11 is 0. The lowest BCUT2D eigenvalue weighted by Crippen LogP contribution is -1.91. The highest BCUT2D eigenvalue weighted by Crippen LogP contribution is 2.21. The summed E-state index contributed by atoms with van der Waals surface area (Å²) in [6, 6.07) is 13.6. The van der Waals surface area contributed by atoms with Crippen molar-refractivity contribution in [2.24, 2.45) is 0 Å². The number of methoxy groups -OCH3 is 1. The van der Waals surface area contributed by atoms with Gasteiger partial charge in [-0.05, 0) is 29.8 Å². The van der Waals surface area contributed by atoms with Crippen LogP contribution in [-0.4, -0.2) is 22.2 Å². The SMILES string of the molecule is COc1ccc(-c2noc(Cc3ccc([N+](=O)[O-])cc3)n2)cc1. The highest BCUT2D eigenvalue weighted by molar-refractivity contribution is 5.55. The van der Waals surface area contributed by atoms with Gasteiger partial charge in [0.15, 0.2) is 0 Å². The molecule has 0 radical (unpaired) electrons. The second-order valence-corrected chi connectivity index (χ2v) is 4.84. The maximum Gasteiger partial charge on any atom is 0.269 e. The molecule has 2 aromatic carbocycles. The highest BCUT2D eigenvalue weighted by atomic mass is 16.6. The predicted octanol–water partition coefficient (Wildman–Crippen LogP) is 3.24. The number of hydrogen-bond acceptors (Lipinski definition) is 6. The van der Waals surface area contributed by atoms with Gasteiger partial charge in [-0.25, -0.2) is 0 Å². The molecule has 23 heavy (non-hydrogen) atoms. The summed E-state index contributed by atoms with van der Waals surface area (Å²) in [5.74, 6) is 1.69. The molecular weight excluding hydrogens is 298 g/mol. The molecule has 0 saturated heterocycles. The van der Waals surface area contributed by atoms with Gasteiger partial charge in [-0.2, -0.15) is 4.98 Å². The van der Waals surface area contributed by atoms with Crippen LogP contribution in [0, 0.1) is 10.1 Å². The maximum atomic E-state index is 10.6. The Hall–Kier alpha value is -3.22. The van der Waals surface area contributed by atoms with E-state index in [1.165, 1.54) is 12.1 Å². The summed E-state index contributed by atoms with van der Waals surface area (Å²) in [6.07, 6.45) is 0.418. The average Bonchev–Trinajstić information content (AvgIpc) is 3.04. The summed E-state index contributed by atoms with van der Waals surface area (Å²) in [7, 11) is 1.60. The number of benzene rings is 2. The Kier molecular flexibility index (Phi) is 4.01. The molecule has 0 aliphatic heterocycles. The molecule has 0 N–H and O–H groups in total. The Labute approximate surface area is 131 Å². The van der Waals surface area contributed by atoms with Crippen molar-refractivity contribution in [1.82, 2.24) is 10.1 Å². The van der Waals surface area contributed by atoms with Crippen LogP contribution in [0.2, 0.25) is 0 Å². The molecule has 0 atom stereocenters. The first-order valence-electron chi connectivity index (χ1n) is 6.86. The Morgan fingerprint density at radius 1 is 1.13 bits per heavy atom. The summed E-state index contributed by atoms with van der Waals surface area (Å²) in [5.41, 5.74) is 1.74. The van der Waals surface area contributed by atoms with Crippen molar-refractivity contribution < 1.29 is 14.2 Å². The van der Waals surface area contributed by atoms with Gasteiger partial charge in [0.05, 0.1) is 18.5 Å². The van der Waals surface area contributed by atoms with Crippen molar-refractivity contribution in [2.75, 3.05) is 7.11 Å². The van der Waals surface area contributed by atoms with E-state index in [0.717, 1.165) is 16.9 Å². The minimum absolute atomic E-state index is 0.0539. The number of nitrogens with zero attached hydrogens (tertiary/aromatic N) is 3. The molecule has 1 aromatic heterocycles. The second kappa shape index (κ2) is 6.27. The Morgan fingerprint density at radius 2 is 1.83 bits per heavy atom. The lowest BCUT2D eigenvalue weighted by Gasteiger charge is -1.99. The van der Waals surface area contributed by atoms with Crippen molar-refractivity contribution in [3.63, 3.8) is 0 Å². The number of aromatic nitrogens is 2. The van der Waals surface area contributed by atoms with Crippen molar-refractivity contribution in [3.8, 4) is 17.1 Å². The molecule has 0 unspecified atom stereocenters. The van der Waals surface area contributed by atoms with Crippen LogP contribution < -0.4 is 4.74 Å². The standard InChI is InChI=1S/C16H13N3O4/c1-22-14-8-4-12(5-9-14)16-17-15(23-18-16)10-11-2-6-13(7-3-11)19(20)21/h2-9H,10H2,1H3. The van der Waals surface area contributed by atoms with Crippen LogP contribution in [-0.2, 0) is 6.42 Å². The Morgan fingerprint density at radius 3 is 2.43 bits per heavy atom. The molecule has 0 spiro atoms. The van der Waals surface area contributed by atoms with Gasteiger partial charge >= 0.3 is 0 Å². The summed E-state index contributed by atoms with van der Waals surface area (Å²) < 4.78 is 10.3. The molecule has 0 aliphatic rings. The number of rotatable bonds is 5. The molecule has 0 saturated carbocycles. The van der Waals surface area contributed by atoms with Crippen LogP contribution in [0.1, 0.15) is 11.5 Å². The van der Waals surface area contributed by atoms with E-state index in [0.29, 0.717) is 18.1 Å². The summed E-state index contributed by atoms with van der Waals surface area (Å²) in [4.78, 5) is 14.5. The lowest BCUT2D eigenvalue weighted by molar-refractivity contribution is -0.384. The van der Waals surface area contributed by atoms with Gasteiger partial charge in [-0.3, -0.25) is 10.1 Å². The number of hydrogen-bond donors (Lipinski definition) is 0. The molecule has 116 valence electrons. The number of nitro benzene ring substituents is 1. The van der Waals surface area contributed by atoms with E-state index in [9.17, 15) is 10.1 Å². The lowest BCUT2D eigenvalue weighted by atomic mass is 10.1. The first-order chi connectivity index (χ1) is 11.2. The zero-order chi connectivity index (χ0) is 16.2. The normalized spacial score (nSPS) is 10.5. The van der Waals surface area contributed by atoms with E-state index in [-0.39, 0.29) is 5.69 Å². The van der Waals surface area contributed by atoms with Crippen LogP contribution in [0.25, 0.3) is 11.4 Å². The van der Waals surface area contributed by atoms with Gasteiger partial charge in [0.2, 0.25) is 11.7 Å². The Bertz CT molecular complexity index is 810. The van der Waals surface area contributed by atoms with Gasteiger partial charge in [0, 0.05) is 17.7 Å². The molecule has 7 heteroatoms. The quantitative estimate of drug-likeness (QED) is 0.530. The molecule has 3 aromatic rings. The third kappa shape index (κ3) is 3.34. The maximum absolute atomic E-state index is 10.6. The first kappa shape index (κ1) is 14.7. The van der Waals surface area contributed by atoms with Crippen LogP contribution in [0.4, 0.5) is 5.69 Å². The van der Waals surface area contributed by atoms with Gasteiger partial charge in [0.1, 0.15) is 5.75 Å². The fourth-order valence-electron chi connectivity index (χ4n) is 2.09. The monoisotopic (exact) mass is 311 g/mol. The molecular formula is C16H13N3O4. The van der Waals surface area contributed by atoms with Crippen molar-refractivity contribution >= 4 is 5.69 Å². The molecule has 0 bridgehead atoms. The predicted molar refractivity (Wildman–Crippen MR) is 82.2 cm³/mol. The molecule has 0 aliphatic carbocycles. The third-order valence-corrected chi connectivity index (χ3v) is 3.32. The number of non-ortho nitro benzene ring substituents is 1. The van der Waals surface area contributed by atoms with Gasteiger partial charge in [-0.1, -0.05) is 17.3 Å². The van der Waals surface area contributed by atoms with Crippen LogP contribution in [0.3, 0.4) is 0 Å². The molecule has 3 rings (SSSR count). The van der Waals surface area contributed by atoms with Crippen molar-refractivity contribution in [3.05, 3.63) is 70.1 Å². The number of ether oxygens (including phenoxy) is 1. The van der Waals surface area contributed by atoms with Crippen LogP contribution in [0.15, 0.2) is 53.1 Å². The van der Waals surface area contributed by atoms with E-state index in [1.54, 1.807) is 19.2 Å². The van der Waals surface area contributed by atoms with E-state index >= 15 is 0 Å². The highest BCUT2D eigenvalue weighted by Gasteiger charge is 2.10. The second-order valence-electron chi connectivity index (χ2n) is 4.84. The summed E-state index contributed by atoms with van der Waals surface area (Å²) in [6.45, 7) is 0. The van der Waals surface area contributed by atoms with E-state index < -0.39 is 4.92 Å². The van der Waals surface area contributed by atoms with Crippen molar-refractivity contribution in [1.29, 1.82) is 0 Å². The minimum Gasteiger partial charge on any atom is -0.497 e. The fraction of sp³-hybridized carbons (Fsp3) is 0.125. The van der Waals surface area contributed by atoms with Gasteiger partial charge < -0.3 is 9.26 Å². The summed E-state index contributed by atoms with van der Waals surface area (Å²) in [5, 5.41) is 14.6. The fourth-order valence-corrected chi connectivity index (χ4v) is 2.09.